The number of nitrogens with zero attached hydrogens (tertiary/aromatic N) is 2. The number of hydrogen-bond acceptors (Lipinski definition) is 5. The summed E-state index contributed by atoms with van der Waals surface area (Å²) in [4.78, 5) is 7.56. The van der Waals surface area contributed by atoms with Gasteiger partial charge < -0.3 is 15.4 Å². The Morgan fingerprint density at radius 2 is 2.12 bits per heavy atom. The van der Waals surface area contributed by atoms with Gasteiger partial charge in [0.25, 0.3) is 0 Å². The summed E-state index contributed by atoms with van der Waals surface area (Å²) >= 11 is 4.98. The number of methoxy groups -OCH3 is 1. The van der Waals surface area contributed by atoms with E-state index in [1.807, 2.05) is 0 Å². The van der Waals surface area contributed by atoms with Crippen molar-refractivity contribution in [2.75, 3.05) is 12.4 Å². The van der Waals surface area contributed by atoms with Gasteiger partial charge in [-0.25, -0.2) is 4.98 Å². The number of ether oxygens (including phenoxy) is 1. The van der Waals surface area contributed by atoms with E-state index in [1.165, 1.54) is 19.4 Å². The van der Waals surface area contributed by atoms with E-state index in [4.69, 9.17) is 22.4 Å². The first-order valence-electron chi connectivity index (χ1n) is 6.41. The van der Waals surface area contributed by atoms with E-state index in [1.54, 1.807) is 6.07 Å². The number of alkyl halides is 3. The summed E-state index contributed by atoms with van der Waals surface area (Å²) in [7, 11) is 1.48. The lowest BCUT2D eigenvalue weighted by molar-refractivity contribution is -0.137. The Labute approximate surface area is 140 Å². The number of amidine groups is 1. The highest BCUT2D eigenvalue weighted by Crippen LogP contribution is 2.28. The van der Waals surface area contributed by atoms with Gasteiger partial charge in [0.2, 0.25) is 0 Å². The number of halogens is 3. The van der Waals surface area contributed by atoms with Gasteiger partial charge in [0.05, 0.1) is 12.7 Å². The minimum absolute atomic E-state index is 0.00750. The zero-order valence-electron chi connectivity index (χ0n) is 12.2. The molecule has 2 aromatic heterocycles. The first-order valence-corrected chi connectivity index (χ1v) is 6.82. The SMILES string of the molecule is COc1ccnc(C(=N)NC(=S)Nc2[c]cc(C(F)(F)F)cn2)c1. The van der Waals surface area contributed by atoms with Crippen LogP contribution in [0.25, 0.3) is 0 Å². The summed E-state index contributed by atoms with van der Waals surface area (Å²) in [5.41, 5.74) is -0.636. The van der Waals surface area contributed by atoms with Crippen LogP contribution in [0, 0.1) is 11.5 Å². The standard InChI is InChI=1S/C14H11F3N5OS/c1-23-9-4-5-19-10(6-9)12(18)22-13(24)21-11-3-2-8(7-20-11)14(15,16)17/h2,4-7H,1H3,(H3,18,20,21,22,24). The molecular formula is C14H11F3N5OS. The van der Waals surface area contributed by atoms with Gasteiger partial charge in [-0.3, -0.25) is 10.4 Å². The van der Waals surface area contributed by atoms with Gasteiger partial charge in [0, 0.05) is 24.5 Å². The van der Waals surface area contributed by atoms with Crippen LogP contribution in [0.15, 0.2) is 30.6 Å². The number of hydrogen-bond donors (Lipinski definition) is 3. The summed E-state index contributed by atoms with van der Waals surface area (Å²) in [5, 5.41) is 12.9. The number of rotatable bonds is 3. The summed E-state index contributed by atoms with van der Waals surface area (Å²) in [6.45, 7) is 0. The fraction of sp³-hybridized carbons (Fsp3) is 0.143. The van der Waals surface area contributed by atoms with Crippen molar-refractivity contribution < 1.29 is 17.9 Å². The lowest BCUT2D eigenvalue weighted by Gasteiger charge is -2.11. The Balaban J connectivity index is 1.98. The second-order valence-electron chi connectivity index (χ2n) is 4.38. The van der Waals surface area contributed by atoms with Crippen molar-refractivity contribution >= 4 is 29.0 Å². The third-order valence-electron chi connectivity index (χ3n) is 2.72. The molecule has 0 fully saturated rings. The van der Waals surface area contributed by atoms with E-state index in [0.29, 0.717) is 11.9 Å². The van der Waals surface area contributed by atoms with Crippen molar-refractivity contribution in [3.05, 3.63) is 47.9 Å². The van der Waals surface area contributed by atoms with Gasteiger partial charge >= 0.3 is 6.18 Å². The van der Waals surface area contributed by atoms with Crippen LogP contribution < -0.4 is 15.4 Å². The maximum atomic E-state index is 12.4. The molecule has 0 aliphatic carbocycles. The van der Waals surface area contributed by atoms with Crippen LogP contribution in [0.2, 0.25) is 0 Å². The molecule has 125 valence electrons. The molecule has 2 rings (SSSR count). The Bertz CT molecular complexity index is 749. The Morgan fingerprint density at radius 3 is 2.71 bits per heavy atom. The van der Waals surface area contributed by atoms with Gasteiger partial charge in [0.1, 0.15) is 17.3 Å². The van der Waals surface area contributed by atoms with Crippen molar-refractivity contribution in [2.24, 2.45) is 0 Å². The van der Waals surface area contributed by atoms with Crippen molar-refractivity contribution in [3.8, 4) is 5.75 Å². The number of anilines is 1. The van der Waals surface area contributed by atoms with Crippen LogP contribution in [0.1, 0.15) is 11.3 Å². The molecule has 0 aliphatic heterocycles. The summed E-state index contributed by atoms with van der Waals surface area (Å²) in [5.74, 6) is 0.397. The lowest BCUT2D eigenvalue weighted by atomic mass is 10.3. The number of aromatic nitrogens is 2. The highest BCUT2D eigenvalue weighted by Gasteiger charge is 2.30. The summed E-state index contributed by atoms with van der Waals surface area (Å²) in [6.07, 6.45) is -2.36. The molecule has 0 aromatic carbocycles. The predicted octanol–water partition coefficient (Wildman–Crippen LogP) is 2.62. The second-order valence-corrected chi connectivity index (χ2v) is 4.79. The molecule has 2 aromatic rings. The van der Waals surface area contributed by atoms with E-state index in [9.17, 15) is 13.2 Å². The van der Waals surface area contributed by atoms with Crippen LogP contribution in [0.5, 0.6) is 5.75 Å². The van der Waals surface area contributed by atoms with Crippen molar-refractivity contribution in [2.45, 2.75) is 6.18 Å². The lowest BCUT2D eigenvalue weighted by Crippen LogP contribution is -2.34. The Kier molecular flexibility index (Phi) is 5.29. The average molecular weight is 354 g/mol. The highest BCUT2D eigenvalue weighted by atomic mass is 32.1. The average Bonchev–Trinajstić information content (AvgIpc) is 2.54. The maximum Gasteiger partial charge on any atom is 0.417 e. The van der Waals surface area contributed by atoms with E-state index in [-0.39, 0.29) is 22.5 Å². The van der Waals surface area contributed by atoms with Gasteiger partial charge in [-0.05, 0) is 24.4 Å². The van der Waals surface area contributed by atoms with E-state index >= 15 is 0 Å². The molecule has 3 N–H and O–H groups in total. The van der Waals surface area contributed by atoms with Crippen molar-refractivity contribution in [1.82, 2.24) is 15.3 Å². The second kappa shape index (κ2) is 7.21. The fourth-order valence-electron chi connectivity index (χ4n) is 1.57. The van der Waals surface area contributed by atoms with Crippen LogP contribution in [0.3, 0.4) is 0 Å². The van der Waals surface area contributed by atoms with E-state index < -0.39 is 11.7 Å². The Morgan fingerprint density at radius 1 is 1.38 bits per heavy atom. The minimum Gasteiger partial charge on any atom is -0.497 e. The number of thiocarbonyl (C=S) groups is 1. The molecule has 10 heteroatoms. The number of nitrogens with one attached hydrogen (secondary N) is 3. The molecular weight excluding hydrogens is 343 g/mol. The van der Waals surface area contributed by atoms with E-state index in [0.717, 1.165) is 6.07 Å². The normalized spacial score (nSPS) is 10.8. The predicted molar refractivity (Wildman–Crippen MR) is 85.0 cm³/mol. The molecule has 24 heavy (non-hydrogen) atoms. The van der Waals surface area contributed by atoms with Crippen molar-refractivity contribution in [1.29, 1.82) is 5.41 Å². The third-order valence-corrected chi connectivity index (χ3v) is 2.92. The van der Waals surface area contributed by atoms with Crippen LogP contribution in [-0.2, 0) is 6.18 Å². The highest BCUT2D eigenvalue weighted by molar-refractivity contribution is 7.80. The fourth-order valence-corrected chi connectivity index (χ4v) is 1.77. The molecule has 0 unspecified atom stereocenters. The van der Waals surface area contributed by atoms with Gasteiger partial charge in [0.15, 0.2) is 10.9 Å². The van der Waals surface area contributed by atoms with Gasteiger partial charge in [-0.15, -0.1) is 0 Å². The molecule has 0 saturated heterocycles. The number of pyridine rings is 2. The maximum absolute atomic E-state index is 12.4. The summed E-state index contributed by atoms with van der Waals surface area (Å²) in [6, 6.07) is 6.23. The van der Waals surface area contributed by atoms with Crippen LogP contribution in [-0.4, -0.2) is 28.0 Å². The summed E-state index contributed by atoms with van der Waals surface area (Å²) < 4.78 is 42.3. The molecule has 0 atom stereocenters. The molecule has 0 amide bonds. The molecule has 6 nitrogen and oxygen atoms in total. The molecule has 0 spiro atoms. The molecule has 1 radical (unpaired) electrons. The zero-order valence-corrected chi connectivity index (χ0v) is 13.0. The van der Waals surface area contributed by atoms with Crippen LogP contribution in [0.4, 0.5) is 19.0 Å². The molecule has 0 saturated carbocycles. The molecule has 0 aliphatic rings. The quantitative estimate of drug-likeness (QED) is 0.447. The van der Waals surface area contributed by atoms with Crippen molar-refractivity contribution in [3.63, 3.8) is 0 Å². The van der Waals surface area contributed by atoms with Crippen LogP contribution >= 0.6 is 12.2 Å². The topological polar surface area (TPSA) is 82.9 Å². The Hall–Kier alpha value is -2.75. The third kappa shape index (κ3) is 4.62. The van der Waals surface area contributed by atoms with Gasteiger partial charge in [-0.1, -0.05) is 0 Å². The minimum atomic E-state index is -4.49. The monoisotopic (exact) mass is 354 g/mol. The zero-order chi connectivity index (χ0) is 17.7. The molecule has 2 heterocycles. The van der Waals surface area contributed by atoms with E-state index in [2.05, 4.69) is 26.7 Å². The van der Waals surface area contributed by atoms with Gasteiger partial charge in [-0.2, -0.15) is 13.2 Å². The first kappa shape index (κ1) is 17.6. The first-order chi connectivity index (χ1) is 11.3. The molecule has 0 bridgehead atoms. The smallest absolute Gasteiger partial charge is 0.417 e. The largest absolute Gasteiger partial charge is 0.497 e.